The van der Waals surface area contributed by atoms with Gasteiger partial charge in [-0.05, 0) is 73.4 Å². The number of hydrogen-bond donors (Lipinski definition) is 1. The van der Waals surface area contributed by atoms with Crippen LogP contribution in [0.2, 0.25) is 0 Å². The molecule has 5 heteroatoms. The van der Waals surface area contributed by atoms with Crippen molar-refractivity contribution in [2.24, 2.45) is 23.7 Å². The molecule has 1 saturated carbocycles. The molecule has 1 aromatic rings. The highest BCUT2D eigenvalue weighted by atomic mass is 19.1. The molecule has 0 radical (unpaired) electrons. The number of carbonyl (C=O) groups excluding carboxylic acids is 1. The second kappa shape index (κ2) is 8.27. The molecule has 0 spiro atoms. The molecule has 1 aromatic carbocycles. The Morgan fingerprint density at radius 3 is 2.84 bits per heavy atom. The lowest BCUT2D eigenvalue weighted by Crippen LogP contribution is -2.54. The number of likely N-dealkylation sites (tertiary alicyclic amines) is 1. The molecule has 4 nitrogen and oxygen atoms in total. The minimum atomic E-state index is -0.238. The first kappa shape index (κ1) is 20.5. The van der Waals surface area contributed by atoms with Gasteiger partial charge in [-0.1, -0.05) is 24.3 Å². The van der Waals surface area contributed by atoms with Crippen molar-refractivity contribution in [2.75, 3.05) is 27.2 Å². The van der Waals surface area contributed by atoms with Crippen LogP contribution in [-0.4, -0.2) is 48.9 Å². The quantitative estimate of drug-likeness (QED) is 0.787. The summed E-state index contributed by atoms with van der Waals surface area (Å²) in [5, 5.41) is 3.17. The minimum absolute atomic E-state index is 0.0863. The predicted octanol–water partition coefficient (Wildman–Crippen LogP) is 3.73. The van der Waals surface area contributed by atoms with E-state index in [0.717, 1.165) is 25.1 Å². The van der Waals surface area contributed by atoms with E-state index in [2.05, 4.69) is 53.6 Å². The molecule has 2 heterocycles. The zero-order valence-electron chi connectivity index (χ0n) is 18.4. The van der Waals surface area contributed by atoms with Crippen LogP contribution >= 0.6 is 0 Å². The van der Waals surface area contributed by atoms with E-state index in [1.807, 2.05) is 0 Å². The fourth-order valence-electron chi connectivity index (χ4n) is 6.29. The molecule has 5 rings (SSSR count). The first-order valence-corrected chi connectivity index (χ1v) is 11.5. The Hall–Kier alpha value is -2.40. The molecule has 5 atom stereocenters. The van der Waals surface area contributed by atoms with E-state index in [-0.39, 0.29) is 11.7 Å². The molecule has 0 bridgehead atoms. The van der Waals surface area contributed by atoms with Gasteiger partial charge < -0.3 is 15.1 Å². The van der Waals surface area contributed by atoms with Gasteiger partial charge in [0, 0.05) is 50.4 Å². The monoisotopic (exact) mass is 421 g/mol. The number of aryl methyl sites for hydroxylation is 1. The summed E-state index contributed by atoms with van der Waals surface area (Å²) in [6.45, 7) is 1.77. The van der Waals surface area contributed by atoms with Crippen molar-refractivity contribution in [3.63, 3.8) is 0 Å². The summed E-state index contributed by atoms with van der Waals surface area (Å²) in [6.07, 6.45) is 12.7. The van der Waals surface area contributed by atoms with Gasteiger partial charge in [-0.3, -0.25) is 4.79 Å². The highest BCUT2D eigenvalue weighted by molar-refractivity contribution is 5.76. The average molecular weight is 422 g/mol. The Bertz CT molecular complexity index is 934. The number of halogens is 1. The fourth-order valence-corrected chi connectivity index (χ4v) is 6.29. The van der Waals surface area contributed by atoms with Crippen LogP contribution in [0.15, 0.2) is 60.0 Å². The maximum absolute atomic E-state index is 13.0. The van der Waals surface area contributed by atoms with Gasteiger partial charge in [-0.25, -0.2) is 4.39 Å². The van der Waals surface area contributed by atoms with Gasteiger partial charge in [0.1, 0.15) is 5.82 Å². The number of rotatable bonds is 5. The van der Waals surface area contributed by atoms with Gasteiger partial charge >= 0.3 is 0 Å². The van der Waals surface area contributed by atoms with E-state index >= 15 is 0 Å². The van der Waals surface area contributed by atoms with Crippen LogP contribution in [0.3, 0.4) is 0 Å². The number of amides is 1. The van der Waals surface area contributed by atoms with Crippen LogP contribution in [-0.2, 0) is 11.2 Å². The first-order chi connectivity index (χ1) is 15.0. The molecule has 1 N–H and O–H groups in total. The number of fused-ring (bicyclic) bond motifs is 2. The normalized spacial score (nSPS) is 31.6. The molecule has 4 aliphatic rings. The zero-order valence-corrected chi connectivity index (χ0v) is 18.4. The van der Waals surface area contributed by atoms with Crippen LogP contribution in [0.1, 0.15) is 24.8 Å². The summed E-state index contributed by atoms with van der Waals surface area (Å²) in [7, 11) is 4.42. The third-order valence-corrected chi connectivity index (χ3v) is 7.76. The van der Waals surface area contributed by atoms with Crippen LogP contribution in [0.25, 0.3) is 0 Å². The van der Waals surface area contributed by atoms with Crippen molar-refractivity contribution in [2.45, 2.75) is 31.7 Å². The van der Waals surface area contributed by atoms with Crippen molar-refractivity contribution in [3.8, 4) is 0 Å². The Kier molecular flexibility index (Phi) is 5.47. The Morgan fingerprint density at radius 2 is 2.03 bits per heavy atom. The van der Waals surface area contributed by atoms with Crippen molar-refractivity contribution in [3.05, 3.63) is 71.3 Å². The minimum Gasteiger partial charge on any atom is -0.356 e. The Labute approximate surface area is 184 Å². The summed E-state index contributed by atoms with van der Waals surface area (Å²) < 4.78 is 13.0. The molecular formula is C26H32FN3O. The Morgan fingerprint density at radius 1 is 1.23 bits per heavy atom. The molecule has 2 aliphatic carbocycles. The van der Waals surface area contributed by atoms with E-state index < -0.39 is 0 Å². The number of carbonyl (C=O) groups is 1. The summed E-state index contributed by atoms with van der Waals surface area (Å²) in [6, 6.07) is 7.01. The number of allylic oxidation sites excluding steroid dienone is 4. The maximum Gasteiger partial charge on any atom is 0.220 e. The molecule has 1 saturated heterocycles. The third kappa shape index (κ3) is 3.96. The van der Waals surface area contributed by atoms with Crippen LogP contribution in [0, 0.1) is 29.5 Å². The first-order valence-electron chi connectivity index (χ1n) is 11.5. The summed E-state index contributed by atoms with van der Waals surface area (Å²) >= 11 is 0. The molecule has 0 aromatic heterocycles. The number of hydrogen-bond acceptors (Lipinski definition) is 3. The maximum atomic E-state index is 13.0. The van der Waals surface area contributed by atoms with Gasteiger partial charge in [-0.2, -0.15) is 0 Å². The van der Waals surface area contributed by atoms with E-state index in [9.17, 15) is 9.18 Å². The van der Waals surface area contributed by atoms with Crippen molar-refractivity contribution in [1.82, 2.24) is 15.1 Å². The summed E-state index contributed by atoms with van der Waals surface area (Å²) in [5.74, 6) is 2.08. The van der Waals surface area contributed by atoms with E-state index in [1.54, 1.807) is 17.7 Å². The van der Waals surface area contributed by atoms with E-state index in [4.69, 9.17) is 0 Å². The predicted molar refractivity (Wildman–Crippen MR) is 120 cm³/mol. The Balaban J connectivity index is 1.18. The lowest BCUT2D eigenvalue weighted by atomic mass is 9.61. The second-order valence-electron chi connectivity index (χ2n) is 9.75. The van der Waals surface area contributed by atoms with Crippen molar-refractivity contribution in [1.29, 1.82) is 0 Å². The van der Waals surface area contributed by atoms with Gasteiger partial charge in [0.2, 0.25) is 5.91 Å². The summed E-state index contributed by atoms with van der Waals surface area (Å²) in [4.78, 5) is 17.3. The van der Waals surface area contributed by atoms with Crippen LogP contribution in [0.5, 0.6) is 0 Å². The fraction of sp³-hybridized carbons (Fsp3) is 0.500. The van der Waals surface area contributed by atoms with Gasteiger partial charge in [0.25, 0.3) is 0 Å². The van der Waals surface area contributed by atoms with Gasteiger partial charge in [-0.15, -0.1) is 0 Å². The molecule has 164 valence electrons. The number of nitrogens with zero attached hydrogens (tertiary/aromatic N) is 2. The lowest BCUT2D eigenvalue weighted by Gasteiger charge is -2.51. The van der Waals surface area contributed by atoms with Crippen LogP contribution < -0.4 is 5.32 Å². The van der Waals surface area contributed by atoms with Gasteiger partial charge in [0.05, 0.1) is 0 Å². The molecule has 2 fully saturated rings. The smallest absolute Gasteiger partial charge is 0.220 e. The highest BCUT2D eigenvalue weighted by Gasteiger charge is 2.49. The number of nitrogens with one attached hydrogen (secondary N) is 1. The third-order valence-electron chi connectivity index (χ3n) is 7.76. The van der Waals surface area contributed by atoms with E-state index in [1.165, 1.54) is 24.3 Å². The highest BCUT2D eigenvalue weighted by Crippen LogP contribution is 2.52. The zero-order chi connectivity index (χ0) is 21.5. The number of piperidine rings is 1. The standard InChI is InChI=1S/C26H32FN3O/c1-29-15-18(14-28-25(31)11-8-17-6-9-20(27)10-7-17)12-22-21-4-3-5-23-26(21)19(13-24(22)29)16-30(23)2/h3-7,9-10,16,18,21-22,24,26H,8,11-15H2,1-2H3,(H,28,31)/t18-,21?,22+,24+,26?/m0/s1. The molecule has 2 aliphatic heterocycles. The molecular weight excluding hydrogens is 389 g/mol. The second-order valence-corrected chi connectivity index (χ2v) is 9.75. The molecule has 31 heavy (non-hydrogen) atoms. The average Bonchev–Trinajstić information content (AvgIpc) is 3.09. The van der Waals surface area contributed by atoms with E-state index in [0.29, 0.717) is 42.6 Å². The van der Waals surface area contributed by atoms with Crippen molar-refractivity contribution >= 4 is 5.91 Å². The largest absolute Gasteiger partial charge is 0.356 e. The molecule has 1 amide bonds. The summed E-state index contributed by atoms with van der Waals surface area (Å²) in [5.41, 5.74) is 4.03. The van der Waals surface area contributed by atoms with Crippen LogP contribution in [0.4, 0.5) is 4.39 Å². The lowest BCUT2D eigenvalue weighted by molar-refractivity contribution is -0.121. The SMILES string of the molecule is CN1C=C2C[C@@H]3[C@H](C[C@@H](CNC(=O)CCc4ccc(F)cc4)CN3C)C3C=CC=C1C23. The number of benzene rings is 1. The molecule has 2 unspecified atom stereocenters. The van der Waals surface area contributed by atoms with Crippen molar-refractivity contribution < 1.29 is 9.18 Å². The van der Waals surface area contributed by atoms with Gasteiger partial charge in [0.15, 0.2) is 0 Å². The topological polar surface area (TPSA) is 35.6 Å².